The molecular weight excluding hydrogens is 382 g/mol. The number of nitrogens with one attached hydrogen (secondary N) is 1. The number of hydrazone groups is 1. The summed E-state index contributed by atoms with van der Waals surface area (Å²) in [7, 11) is 0. The third-order valence-corrected chi connectivity index (χ3v) is 5.99. The molecule has 0 spiro atoms. The van der Waals surface area contributed by atoms with Gasteiger partial charge in [0.1, 0.15) is 0 Å². The van der Waals surface area contributed by atoms with Gasteiger partial charge in [-0.2, -0.15) is 0 Å². The van der Waals surface area contributed by atoms with E-state index in [9.17, 15) is 9.59 Å². The van der Waals surface area contributed by atoms with Gasteiger partial charge in [-0.15, -0.1) is 16.4 Å². The van der Waals surface area contributed by atoms with E-state index in [1.165, 1.54) is 23.1 Å². The first kappa shape index (κ1) is 17.7. The van der Waals surface area contributed by atoms with Gasteiger partial charge in [0.25, 0.3) is 0 Å². The van der Waals surface area contributed by atoms with Crippen LogP contribution in [0.15, 0.2) is 47.0 Å². The van der Waals surface area contributed by atoms with E-state index in [0.29, 0.717) is 17.5 Å². The van der Waals surface area contributed by atoms with Gasteiger partial charge >= 0.3 is 0 Å². The lowest BCUT2D eigenvalue weighted by Gasteiger charge is -2.12. The first-order chi connectivity index (χ1) is 13.2. The SMILES string of the molecule is CCN1C(=O)CSC1=NNC(=O)Cc1csc2nc(-c3ccccc3)cn12. The molecule has 1 aromatic carbocycles. The molecule has 0 unspecified atom stereocenters. The number of carbonyl (C=O) groups is 2. The lowest BCUT2D eigenvalue weighted by Crippen LogP contribution is -2.31. The first-order valence-electron chi connectivity index (χ1n) is 8.46. The van der Waals surface area contributed by atoms with Crippen LogP contribution in [-0.2, 0) is 16.0 Å². The molecule has 0 radical (unpaired) electrons. The largest absolute Gasteiger partial charge is 0.294 e. The molecule has 7 nitrogen and oxygen atoms in total. The summed E-state index contributed by atoms with van der Waals surface area (Å²) >= 11 is 2.83. The lowest BCUT2D eigenvalue weighted by atomic mass is 10.2. The Balaban J connectivity index is 1.48. The quantitative estimate of drug-likeness (QED) is 0.669. The number of amidine groups is 1. The van der Waals surface area contributed by atoms with Crippen LogP contribution in [0.2, 0.25) is 0 Å². The Hall–Kier alpha value is -2.65. The van der Waals surface area contributed by atoms with Gasteiger partial charge in [-0.3, -0.25) is 18.9 Å². The summed E-state index contributed by atoms with van der Waals surface area (Å²) in [6.45, 7) is 2.43. The molecule has 1 N–H and O–H groups in total. The van der Waals surface area contributed by atoms with Gasteiger partial charge in [0.05, 0.1) is 17.9 Å². The van der Waals surface area contributed by atoms with Crippen molar-refractivity contribution < 1.29 is 9.59 Å². The molecule has 0 saturated carbocycles. The molecule has 2 aromatic heterocycles. The molecule has 9 heteroatoms. The molecule has 1 aliphatic heterocycles. The van der Waals surface area contributed by atoms with Crippen LogP contribution in [0.4, 0.5) is 0 Å². The van der Waals surface area contributed by atoms with Crippen molar-refractivity contribution in [3.05, 3.63) is 47.6 Å². The van der Waals surface area contributed by atoms with E-state index < -0.39 is 0 Å². The number of imidazole rings is 1. The van der Waals surface area contributed by atoms with Crippen molar-refractivity contribution in [2.24, 2.45) is 5.10 Å². The Kier molecular flexibility index (Phi) is 4.95. The average Bonchev–Trinajstić information content (AvgIpc) is 3.36. The smallest absolute Gasteiger partial charge is 0.246 e. The van der Waals surface area contributed by atoms with Gasteiger partial charge < -0.3 is 0 Å². The second-order valence-corrected chi connectivity index (χ2v) is 7.68. The van der Waals surface area contributed by atoms with Crippen molar-refractivity contribution >= 4 is 45.0 Å². The normalized spacial score (nSPS) is 15.8. The molecule has 27 heavy (non-hydrogen) atoms. The van der Waals surface area contributed by atoms with Crippen LogP contribution in [0.25, 0.3) is 16.2 Å². The third kappa shape index (κ3) is 3.60. The van der Waals surface area contributed by atoms with E-state index in [-0.39, 0.29) is 18.2 Å². The van der Waals surface area contributed by atoms with Crippen molar-refractivity contribution in [3.8, 4) is 11.3 Å². The number of aromatic nitrogens is 2. The minimum Gasteiger partial charge on any atom is -0.294 e. The van der Waals surface area contributed by atoms with E-state index in [4.69, 9.17) is 0 Å². The van der Waals surface area contributed by atoms with Gasteiger partial charge in [0.2, 0.25) is 11.8 Å². The van der Waals surface area contributed by atoms with Crippen LogP contribution in [0.5, 0.6) is 0 Å². The zero-order chi connectivity index (χ0) is 18.8. The average molecular weight is 400 g/mol. The zero-order valence-electron chi connectivity index (χ0n) is 14.6. The summed E-state index contributed by atoms with van der Waals surface area (Å²) in [5, 5.41) is 6.57. The third-order valence-electron chi connectivity index (χ3n) is 4.14. The van der Waals surface area contributed by atoms with Crippen LogP contribution in [0.3, 0.4) is 0 Å². The second kappa shape index (κ2) is 7.53. The number of amides is 2. The first-order valence-corrected chi connectivity index (χ1v) is 10.3. The molecule has 1 aliphatic rings. The van der Waals surface area contributed by atoms with E-state index in [1.54, 1.807) is 4.90 Å². The molecular formula is C18H17N5O2S2. The van der Waals surface area contributed by atoms with Crippen LogP contribution >= 0.6 is 23.1 Å². The van der Waals surface area contributed by atoms with Crippen molar-refractivity contribution in [3.63, 3.8) is 0 Å². The highest BCUT2D eigenvalue weighted by molar-refractivity contribution is 8.15. The highest BCUT2D eigenvalue weighted by Crippen LogP contribution is 2.24. The maximum atomic E-state index is 12.3. The molecule has 2 amide bonds. The number of thioether (sulfide) groups is 1. The number of hydrogen-bond acceptors (Lipinski definition) is 6. The van der Waals surface area contributed by atoms with Gasteiger partial charge in [-0.1, -0.05) is 42.1 Å². The number of hydrogen-bond donors (Lipinski definition) is 1. The summed E-state index contributed by atoms with van der Waals surface area (Å²) in [6, 6.07) is 9.93. The van der Waals surface area contributed by atoms with Gasteiger partial charge in [0.15, 0.2) is 10.1 Å². The number of nitrogens with zero attached hydrogens (tertiary/aromatic N) is 4. The maximum absolute atomic E-state index is 12.3. The molecule has 0 aliphatic carbocycles. The predicted octanol–water partition coefficient (Wildman–Crippen LogP) is 2.59. The summed E-state index contributed by atoms with van der Waals surface area (Å²) in [6.07, 6.45) is 2.13. The Morgan fingerprint density at radius 2 is 2.15 bits per heavy atom. The molecule has 0 bridgehead atoms. The molecule has 138 valence electrons. The molecule has 1 saturated heterocycles. The van der Waals surface area contributed by atoms with Crippen LogP contribution < -0.4 is 5.43 Å². The van der Waals surface area contributed by atoms with E-state index in [0.717, 1.165) is 21.9 Å². The molecule has 0 atom stereocenters. The van der Waals surface area contributed by atoms with Gasteiger partial charge in [-0.25, -0.2) is 10.4 Å². The van der Waals surface area contributed by atoms with E-state index in [1.807, 2.05) is 53.2 Å². The van der Waals surface area contributed by atoms with Crippen LogP contribution in [0, 0.1) is 0 Å². The molecule has 3 aromatic rings. The minimum atomic E-state index is -0.229. The van der Waals surface area contributed by atoms with Gasteiger partial charge in [-0.05, 0) is 6.92 Å². The van der Waals surface area contributed by atoms with E-state index in [2.05, 4.69) is 15.5 Å². The van der Waals surface area contributed by atoms with E-state index >= 15 is 0 Å². The minimum absolute atomic E-state index is 0.0156. The Labute approximate surface area is 164 Å². The lowest BCUT2D eigenvalue weighted by molar-refractivity contribution is -0.124. The number of rotatable bonds is 5. The topological polar surface area (TPSA) is 79.1 Å². The maximum Gasteiger partial charge on any atom is 0.246 e. The fraction of sp³-hybridized carbons (Fsp3) is 0.222. The highest BCUT2D eigenvalue weighted by atomic mass is 32.2. The van der Waals surface area contributed by atoms with Crippen LogP contribution in [-0.4, -0.2) is 43.6 Å². The van der Waals surface area contributed by atoms with Gasteiger partial charge in [0, 0.05) is 29.4 Å². The Morgan fingerprint density at radius 3 is 2.93 bits per heavy atom. The summed E-state index contributed by atoms with van der Waals surface area (Å²) in [4.78, 5) is 31.0. The second-order valence-electron chi connectivity index (χ2n) is 5.90. The highest BCUT2D eigenvalue weighted by Gasteiger charge is 2.26. The molecule has 4 rings (SSSR count). The van der Waals surface area contributed by atoms with Crippen molar-refractivity contribution in [1.82, 2.24) is 19.7 Å². The van der Waals surface area contributed by atoms with Crippen molar-refractivity contribution in [1.29, 1.82) is 0 Å². The predicted molar refractivity (Wildman–Crippen MR) is 108 cm³/mol. The van der Waals surface area contributed by atoms with Crippen molar-refractivity contribution in [2.45, 2.75) is 13.3 Å². The summed E-state index contributed by atoms with van der Waals surface area (Å²) in [5.41, 5.74) is 5.33. The Morgan fingerprint density at radius 1 is 1.33 bits per heavy atom. The summed E-state index contributed by atoms with van der Waals surface area (Å²) in [5.74, 6) is 0.153. The summed E-state index contributed by atoms with van der Waals surface area (Å²) < 4.78 is 1.94. The molecule has 1 fully saturated rings. The molecule has 3 heterocycles. The standard InChI is InChI=1S/C18H17N5O2S2/c1-2-22-16(25)11-27-18(22)21-20-15(24)8-13-10-26-17-19-14(9-23(13)17)12-6-4-3-5-7-12/h3-7,9-10H,2,8,11H2,1H3,(H,20,24). The monoisotopic (exact) mass is 399 g/mol. The van der Waals surface area contributed by atoms with Crippen LogP contribution in [0.1, 0.15) is 12.6 Å². The number of thiazole rings is 1. The number of benzene rings is 1. The Bertz CT molecular complexity index is 1020. The van der Waals surface area contributed by atoms with Crippen molar-refractivity contribution in [2.75, 3.05) is 12.3 Å². The fourth-order valence-corrected chi connectivity index (χ4v) is 4.59. The number of fused-ring (bicyclic) bond motifs is 1. The fourth-order valence-electron chi connectivity index (χ4n) is 2.81. The number of carbonyl (C=O) groups excluding carboxylic acids is 2. The zero-order valence-corrected chi connectivity index (χ0v) is 16.2.